The monoisotopic (exact) mass is 328 g/mol. The zero-order chi connectivity index (χ0) is 19.6. The molecule has 0 fully saturated rings. The van der Waals surface area contributed by atoms with Crippen LogP contribution in [0, 0.1) is 0 Å². The normalized spacial score (nSPS) is 15.0. The van der Waals surface area contributed by atoms with Crippen LogP contribution < -0.4 is 24.0 Å². The van der Waals surface area contributed by atoms with Gasteiger partial charge in [-0.25, -0.2) is 9.48 Å². The predicted molar refractivity (Wildman–Crippen MR) is 70.0 cm³/mol. The number of rotatable bonds is 5. The maximum Gasteiger partial charge on any atom is 1.00 e. The minimum absolute atomic E-state index is 0. The van der Waals surface area contributed by atoms with Gasteiger partial charge in [-0.15, -0.1) is 0 Å². The summed E-state index contributed by atoms with van der Waals surface area (Å²) >= 11 is 0. The third kappa shape index (κ3) is 6.58. The number of ether oxygens (including phenoxy) is 1. The quantitative estimate of drug-likeness (QED) is 0.573. The molecule has 0 saturated carbocycles. The zero-order valence-electron chi connectivity index (χ0n) is 16.2. The van der Waals surface area contributed by atoms with Crippen molar-refractivity contribution in [2.24, 2.45) is 0 Å². The molecule has 0 aromatic carbocycles. The second-order valence-electron chi connectivity index (χ2n) is 5.50. The van der Waals surface area contributed by atoms with Crippen LogP contribution in [0.15, 0.2) is 12.4 Å². The predicted octanol–water partition coefficient (Wildman–Crippen LogP) is -2.19. The fourth-order valence-corrected chi connectivity index (χ4v) is 1.53. The van der Waals surface area contributed by atoms with Gasteiger partial charge in [0.2, 0.25) is 0 Å². The summed E-state index contributed by atoms with van der Waals surface area (Å²) in [4.78, 5) is 23.6. The molecule has 1 atom stereocenters. The number of aromatic nitrogens is 2. The van der Waals surface area contributed by atoms with Gasteiger partial charge >= 0.3 is 31.5 Å². The maximum atomic E-state index is 12.5. The molecular weight excluding hydrogens is 307 g/mol. The van der Waals surface area contributed by atoms with Gasteiger partial charge < -0.3 is 19.5 Å². The molecule has 0 aliphatic heterocycles. The topological polar surface area (TPSA) is 87.5 Å². The first-order valence-electron chi connectivity index (χ1n) is 7.76. The van der Waals surface area contributed by atoms with Crippen LogP contribution in [0.25, 0.3) is 0 Å². The number of aliphatic carboxylic acids is 1. The van der Waals surface area contributed by atoms with Crippen molar-refractivity contribution in [2.75, 3.05) is 6.98 Å². The van der Waals surface area contributed by atoms with Gasteiger partial charge in [-0.3, -0.25) is 0 Å². The number of carboxylic acid groups (broad SMARTS) is 1. The molecule has 0 N–H and O–H groups in total. The third-order valence-corrected chi connectivity index (χ3v) is 2.46. The van der Waals surface area contributed by atoms with Crippen LogP contribution in [-0.4, -0.2) is 45.4 Å². The molecule has 1 rings (SSSR count). The molecule has 0 spiro atoms. The molecule has 0 bridgehead atoms. The summed E-state index contributed by atoms with van der Waals surface area (Å²) in [5.41, 5.74) is -1.08. The van der Waals surface area contributed by atoms with Crippen LogP contribution in [0.3, 0.4) is 0 Å². The van der Waals surface area contributed by atoms with E-state index in [1.807, 2.05) is 0 Å². The average molecular weight is 328 g/mol. The van der Waals surface area contributed by atoms with E-state index in [0.717, 1.165) is 12.4 Å². The summed E-state index contributed by atoms with van der Waals surface area (Å²) in [5.74, 6) is -1.87. The minimum Gasteiger partial charge on any atom is -0.548 e. The van der Waals surface area contributed by atoms with E-state index in [2.05, 4.69) is 5.10 Å². The molecular formula is C13H18F2LiN3O4. The van der Waals surface area contributed by atoms with E-state index < -0.39 is 43.7 Å². The standard InChI is InChI=1S/C13H19F2N3O4.Li/c1-13(2,3)22-12(21)17(4)9(10(19)20)5-8-6-16-18(7-8)11(14)15;/h6-7,9,11H,5H2,1-4H3,(H,19,20);/q;+1/p-1/t9-;/m1./s1/i4D3;. The van der Waals surface area contributed by atoms with Crippen molar-refractivity contribution in [3.63, 3.8) is 0 Å². The Bertz CT molecular complexity index is 635. The molecule has 1 amide bonds. The number of halogens is 2. The fraction of sp³-hybridized carbons (Fsp3) is 0.615. The number of hydrogen-bond acceptors (Lipinski definition) is 5. The summed E-state index contributed by atoms with van der Waals surface area (Å²) in [6, 6.07) is -1.96. The van der Waals surface area contributed by atoms with Gasteiger partial charge in [0, 0.05) is 23.7 Å². The number of carbonyl (C=O) groups excluding carboxylic acids is 2. The Labute approximate surface area is 149 Å². The van der Waals surface area contributed by atoms with Gasteiger partial charge in [-0.2, -0.15) is 13.9 Å². The number of likely N-dealkylation sites (N-methyl/N-ethyl adjacent to an activating group) is 1. The summed E-state index contributed by atoms with van der Waals surface area (Å²) < 4.78 is 52.5. The Morgan fingerprint density at radius 3 is 2.52 bits per heavy atom. The van der Waals surface area contributed by atoms with E-state index >= 15 is 0 Å². The Balaban J connectivity index is 0.00000625. The smallest absolute Gasteiger partial charge is 0.548 e. The molecule has 0 unspecified atom stereocenters. The van der Waals surface area contributed by atoms with E-state index in [-0.39, 0.29) is 34.0 Å². The first-order valence-corrected chi connectivity index (χ1v) is 6.26. The number of carboxylic acids is 1. The van der Waals surface area contributed by atoms with E-state index in [1.165, 1.54) is 20.8 Å². The van der Waals surface area contributed by atoms with Crippen molar-refractivity contribution in [1.82, 2.24) is 14.7 Å². The van der Waals surface area contributed by atoms with Crippen LogP contribution in [0.4, 0.5) is 13.6 Å². The SMILES string of the molecule is [2H]C([2H])([2H])N(C(=O)OC(C)(C)C)[C@H](Cc1cnn(C(F)F)c1)C(=O)[O-].[Li+]. The Morgan fingerprint density at radius 2 is 2.13 bits per heavy atom. The van der Waals surface area contributed by atoms with Crippen LogP contribution in [-0.2, 0) is 16.0 Å². The molecule has 23 heavy (non-hydrogen) atoms. The fourth-order valence-electron chi connectivity index (χ4n) is 1.53. The second-order valence-corrected chi connectivity index (χ2v) is 5.50. The van der Waals surface area contributed by atoms with Gasteiger partial charge in [0.05, 0.1) is 18.2 Å². The average Bonchev–Trinajstić information content (AvgIpc) is 2.82. The Morgan fingerprint density at radius 1 is 1.52 bits per heavy atom. The van der Waals surface area contributed by atoms with Crippen LogP contribution in [0.2, 0.25) is 0 Å². The van der Waals surface area contributed by atoms with Crippen molar-refractivity contribution in [3.05, 3.63) is 18.0 Å². The molecule has 0 saturated heterocycles. The number of alkyl halides is 2. The Kier molecular flexibility index (Phi) is 5.88. The van der Waals surface area contributed by atoms with Crippen molar-refractivity contribution in [2.45, 2.75) is 45.4 Å². The molecule has 1 aromatic heterocycles. The van der Waals surface area contributed by atoms with Crippen molar-refractivity contribution >= 4 is 12.1 Å². The first kappa shape index (κ1) is 16.3. The van der Waals surface area contributed by atoms with Crippen molar-refractivity contribution < 1.29 is 51.2 Å². The van der Waals surface area contributed by atoms with Crippen LogP contribution >= 0.6 is 0 Å². The molecule has 10 heteroatoms. The van der Waals surface area contributed by atoms with E-state index in [1.54, 1.807) is 0 Å². The molecule has 0 aliphatic carbocycles. The maximum absolute atomic E-state index is 12.5. The second kappa shape index (κ2) is 8.31. The molecule has 124 valence electrons. The number of amides is 1. The number of nitrogens with zero attached hydrogens (tertiary/aromatic N) is 3. The van der Waals surface area contributed by atoms with Gasteiger partial charge in [0.25, 0.3) is 0 Å². The van der Waals surface area contributed by atoms with E-state index in [9.17, 15) is 23.5 Å². The molecule has 7 nitrogen and oxygen atoms in total. The summed E-state index contributed by atoms with van der Waals surface area (Å²) in [7, 11) is 0. The van der Waals surface area contributed by atoms with Crippen LogP contribution in [0.1, 0.15) is 37.0 Å². The molecule has 1 aromatic rings. The van der Waals surface area contributed by atoms with Gasteiger partial charge in [0.15, 0.2) is 0 Å². The summed E-state index contributed by atoms with van der Waals surface area (Å²) in [6.07, 6.45) is -0.169. The number of carbonyl (C=O) groups is 2. The van der Waals surface area contributed by atoms with Gasteiger partial charge in [-0.05, 0) is 26.3 Å². The summed E-state index contributed by atoms with van der Waals surface area (Å²) in [5, 5.41) is 14.7. The van der Waals surface area contributed by atoms with Gasteiger partial charge in [-0.1, -0.05) is 0 Å². The van der Waals surface area contributed by atoms with Crippen LogP contribution in [0.5, 0.6) is 0 Å². The Hall–Kier alpha value is -1.59. The van der Waals surface area contributed by atoms with Crippen molar-refractivity contribution in [3.8, 4) is 0 Å². The van der Waals surface area contributed by atoms with E-state index in [4.69, 9.17) is 8.85 Å². The molecule has 0 aliphatic rings. The third-order valence-electron chi connectivity index (χ3n) is 2.46. The number of hydrogen-bond donors (Lipinski definition) is 0. The van der Waals surface area contributed by atoms with Crippen molar-refractivity contribution in [1.29, 1.82) is 0 Å². The first-order chi connectivity index (χ1) is 11.2. The largest absolute Gasteiger partial charge is 1.00 e. The molecule has 1 heterocycles. The van der Waals surface area contributed by atoms with Gasteiger partial charge in [0.1, 0.15) is 5.60 Å². The zero-order valence-corrected chi connectivity index (χ0v) is 13.2. The minimum atomic E-state index is -3.15. The molecule has 0 radical (unpaired) electrons. The van der Waals surface area contributed by atoms with E-state index in [0.29, 0.717) is 0 Å². The summed E-state index contributed by atoms with van der Waals surface area (Å²) in [6.45, 7) is -1.67.